The van der Waals surface area contributed by atoms with E-state index >= 15 is 0 Å². The number of pyridine rings is 1. The summed E-state index contributed by atoms with van der Waals surface area (Å²) in [5, 5.41) is 2.66. The molecule has 1 N–H and O–H groups in total. The second kappa shape index (κ2) is 5.15. The van der Waals surface area contributed by atoms with E-state index in [1.807, 2.05) is 4.90 Å². The van der Waals surface area contributed by atoms with Gasteiger partial charge >= 0.3 is 6.03 Å². The highest BCUT2D eigenvalue weighted by Gasteiger charge is 2.37. The molecular formula is C14H18FN3O. The van der Waals surface area contributed by atoms with Gasteiger partial charge in [0.2, 0.25) is 0 Å². The molecule has 2 aliphatic rings. The number of urea groups is 1. The molecule has 0 unspecified atom stereocenters. The van der Waals surface area contributed by atoms with Crippen LogP contribution in [0.5, 0.6) is 0 Å². The maximum Gasteiger partial charge on any atom is 0.322 e. The fourth-order valence-electron chi connectivity index (χ4n) is 3.37. The number of hydrogen-bond acceptors (Lipinski definition) is 2. The maximum atomic E-state index is 13.5. The molecule has 2 fully saturated rings. The summed E-state index contributed by atoms with van der Waals surface area (Å²) in [6.45, 7) is 0.777. The molecule has 1 saturated heterocycles. The van der Waals surface area contributed by atoms with Gasteiger partial charge in [0, 0.05) is 18.8 Å². The van der Waals surface area contributed by atoms with E-state index in [4.69, 9.17) is 0 Å². The lowest BCUT2D eigenvalue weighted by Crippen LogP contribution is -2.48. The van der Waals surface area contributed by atoms with Gasteiger partial charge in [-0.3, -0.25) is 4.98 Å². The van der Waals surface area contributed by atoms with Gasteiger partial charge in [0.15, 0.2) is 5.82 Å². The smallest absolute Gasteiger partial charge is 0.321 e. The van der Waals surface area contributed by atoms with Gasteiger partial charge in [-0.15, -0.1) is 0 Å². The molecule has 1 aromatic heterocycles. The van der Waals surface area contributed by atoms with Gasteiger partial charge < -0.3 is 10.2 Å². The van der Waals surface area contributed by atoms with Crippen molar-refractivity contribution < 1.29 is 9.18 Å². The number of aromatic nitrogens is 1. The van der Waals surface area contributed by atoms with Gasteiger partial charge in [0.05, 0.1) is 11.9 Å². The Bertz CT molecular complexity index is 480. The number of hydrogen-bond donors (Lipinski definition) is 1. The van der Waals surface area contributed by atoms with E-state index in [2.05, 4.69) is 10.3 Å². The monoisotopic (exact) mass is 263 g/mol. The summed E-state index contributed by atoms with van der Waals surface area (Å²) in [5.41, 5.74) is 0.208. The van der Waals surface area contributed by atoms with Gasteiger partial charge in [-0.1, -0.05) is 6.42 Å². The Morgan fingerprint density at radius 1 is 1.37 bits per heavy atom. The summed E-state index contributed by atoms with van der Waals surface area (Å²) in [6, 6.07) is 1.66. The number of halogens is 1. The molecule has 19 heavy (non-hydrogen) atoms. The van der Waals surface area contributed by atoms with E-state index in [1.54, 1.807) is 0 Å². The number of amides is 2. The second-order valence-corrected chi connectivity index (χ2v) is 5.38. The number of nitrogens with zero attached hydrogens (tertiary/aromatic N) is 2. The van der Waals surface area contributed by atoms with Crippen molar-refractivity contribution >= 4 is 11.7 Å². The summed E-state index contributed by atoms with van der Waals surface area (Å²) >= 11 is 0. The van der Waals surface area contributed by atoms with E-state index in [9.17, 15) is 9.18 Å². The van der Waals surface area contributed by atoms with Gasteiger partial charge in [0.1, 0.15) is 0 Å². The average Bonchev–Trinajstić information content (AvgIpc) is 2.89. The van der Waals surface area contributed by atoms with Crippen molar-refractivity contribution in [2.75, 3.05) is 11.9 Å². The van der Waals surface area contributed by atoms with E-state index in [0.717, 1.165) is 25.6 Å². The molecule has 2 heterocycles. The minimum absolute atomic E-state index is 0.179. The largest absolute Gasteiger partial charge is 0.322 e. The highest BCUT2D eigenvalue weighted by atomic mass is 19.1. The molecule has 1 saturated carbocycles. The van der Waals surface area contributed by atoms with Crippen LogP contribution in [0.3, 0.4) is 0 Å². The van der Waals surface area contributed by atoms with Crippen molar-refractivity contribution in [3.63, 3.8) is 0 Å². The van der Waals surface area contributed by atoms with Crippen LogP contribution in [-0.4, -0.2) is 28.5 Å². The Labute approximate surface area is 112 Å². The third-order valence-electron chi connectivity index (χ3n) is 4.27. The molecule has 0 radical (unpaired) electrons. The van der Waals surface area contributed by atoms with Crippen LogP contribution >= 0.6 is 0 Å². The van der Waals surface area contributed by atoms with Crippen LogP contribution in [0.4, 0.5) is 14.9 Å². The quantitative estimate of drug-likeness (QED) is 0.846. The van der Waals surface area contributed by atoms with Crippen molar-refractivity contribution in [3.05, 3.63) is 24.3 Å². The normalized spacial score (nSPS) is 26.1. The Kier molecular flexibility index (Phi) is 3.36. The summed E-state index contributed by atoms with van der Waals surface area (Å²) in [5.74, 6) is 0.151. The fourth-order valence-corrected chi connectivity index (χ4v) is 3.37. The number of rotatable bonds is 1. The SMILES string of the molecule is O=C(Nc1ccncc1F)N1CCC[C@@H]2CCC[C@@H]21. The van der Waals surface area contributed by atoms with Crippen LogP contribution in [0.1, 0.15) is 32.1 Å². The number of anilines is 1. The highest BCUT2D eigenvalue weighted by molar-refractivity contribution is 5.89. The zero-order valence-corrected chi connectivity index (χ0v) is 10.8. The van der Waals surface area contributed by atoms with E-state index in [-0.39, 0.29) is 11.7 Å². The molecule has 102 valence electrons. The van der Waals surface area contributed by atoms with Crippen LogP contribution in [0.2, 0.25) is 0 Å². The second-order valence-electron chi connectivity index (χ2n) is 5.38. The molecule has 2 amide bonds. The molecular weight excluding hydrogens is 245 g/mol. The third kappa shape index (κ3) is 2.41. The Hall–Kier alpha value is -1.65. The molecule has 0 aromatic carbocycles. The summed E-state index contributed by atoms with van der Waals surface area (Å²) in [7, 11) is 0. The van der Waals surface area contributed by atoms with Gasteiger partial charge in [-0.25, -0.2) is 9.18 Å². The number of likely N-dealkylation sites (tertiary alicyclic amines) is 1. The molecule has 4 nitrogen and oxygen atoms in total. The first-order chi connectivity index (χ1) is 9.25. The first-order valence-electron chi connectivity index (χ1n) is 6.93. The molecule has 1 aliphatic carbocycles. The van der Waals surface area contributed by atoms with Crippen molar-refractivity contribution in [1.82, 2.24) is 9.88 Å². The number of carbonyl (C=O) groups is 1. The number of piperidine rings is 1. The molecule has 2 atom stereocenters. The third-order valence-corrected chi connectivity index (χ3v) is 4.27. The predicted octanol–water partition coefficient (Wildman–Crippen LogP) is 3.02. The summed E-state index contributed by atoms with van der Waals surface area (Å²) < 4.78 is 13.5. The van der Waals surface area contributed by atoms with Crippen molar-refractivity contribution in [2.45, 2.75) is 38.1 Å². The molecule has 0 bridgehead atoms. The van der Waals surface area contributed by atoms with E-state index < -0.39 is 5.82 Å². The molecule has 3 rings (SSSR count). The van der Waals surface area contributed by atoms with Crippen LogP contribution in [0.25, 0.3) is 0 Å². The van der Waals surface area contributed by atoms with Gasteiger partial charge in [-0.05, 0) is 37.7 Å². The molecule has 5 heteroatoms. The van der Waals surface area contributed by atoms with Crippen LogP contribution in [0.15, 0.2) is 18.5 Å². The maximum absolute atomic E-state index is 13.5. The number of nitrogens with one attached hydrogen (secondary N) is 1. The first kappa shape index (κ1) is 12.4. The topological polar surface area (TPSA) is 45.2 Å². The van der Waals surface area contributed by atoms with Gasteiger partial charge in [-0.2, -0.15) is 0 Å². The van der Waals surface area contributed by atoms with Crippen molar-refractivity contribution in [3.8, 4) is 0 Å². The summed E-state index contributed by atoms with van der Waals surface area (Å²) in [4.78, 5) is 17.9. The Morgan fingerprint density at radius 3 is 3.05 bits per heavy atom. The molecule has 1 aromatic rings. The zero-order valence-electron chi connectivity index (χ0n) is 10.8. The highest BCUT2D eigenvalue weighted by Crippen LogP contribution is 2.36. The van der Waals surface area contributed by atoms with Crippen LogP contribution < -0.4 is 5.32 Å². The summed E-state index contributed by atoms with van der Waals surface area (Å²) in [6.07, 6.45) is 8.36. The minimum Gasteiger partial charge on any atom is -0.321 e. The number of fused-ring (bicyclic) bond motifs is 1. The lowest BCUT2D eigenvalue weighted by Gasteiger charge is -2.37. The Morgan fingerprint density at radius 2 is 2.21 bits per heavy atom. The number of carbonyl (C=O) groups excluding carboxylic acids is 1. The van der Waals surface area contributed by atoms with Crippen LogP contribution in [0, 0.1) is 11.7 Å². The predicted molar refractivity (Wildman–Crippen MR) is 70.3 cm³/mol. The lowest BCUT2D eigenvalue weighted by molar-refractivity contribution is 0.138. The Balaban J connectivity index is 1.71. The fraction of sp³-hybridized carbons (Fsp3) is 0.571. The van der Waals surface area contributed by atoms with Gasteiger partial charge in [0.25, 0.3) is 0 Å². The van der Waals surface area contributed by atoms with Crippen molar-refractivity contribution in [2.24, 2.45) is 5.92 Å². The standard InChI is InChI=1S/C14H18FN3O/c15-11-9-16-7-6-12(11)17-14(19)18-8-2-4-10-3-1-5-13(10)18/h6-7,9-10,13H,1-5,8H2,(H,16,17,19)/t10-,13-/m0/s1. The zero-order chi connectivity index (χ0) is 13.2. The lowest BCUT2D eigenvalue weighted by atomic mass is 9.92. The first-order valence-corrected chi connectivity index (χ1v) is 6.93. The average molecular weight is 263 g/mol. The molecule has 0 spiro atoms. The van der Waals surface area contributed by atoms with E-state index in [0.29, 0.717) is 12.0 Å². The van der Waals surface area contributed by atoms with Crippen LogP contribution in [-0.2, 0) is 0 Å². The minimum atomic E-state index is -0.490. The van der Waals surface area contributed by atoms with E-state index in [1.165, 1.54) is 31.5 Å². The molecule has 1 aliphatic heterocycles. The van der Waals surface area contributed by atoms with Crippen molar-refractivity contribution in [1.29, 1.82) is 0 Å².